The van der Waals surface area contributed by atoms with Crippen molar-refractivity contribution in [3.05, 3.63) is 54.6 Å². The predicted molar refractivity (Wildman–Crippen MR) is 98.9 cm³/mol. The number of nitrogens with one attached hydrogen (secondary N) is 1. The number of carbonyl (C=O) groups is 1. The van der Waals surface area contributed by atoms with Crippen molar-refractivity contribution in [2.24, 2.45) is 0 Å². The molecule has 0 radical (unpaired) electrons. The number of aliphatic hydroxyl groups is 1. The minimum absolute atomic E-state index is 0.00239. The normalized spacial score (nSPS) is 10.8. The van der Waals surface area contributed by atoms with Crippen molar-refractivity contribution in [2.75, 3.05) is 31.6 Å². The van der Waals surface area contributed by atoms with Gasteiger partial charge < -0.3 is 15.3 Å². The van der Waals surface area contributed by atoms with Gasteiger partial charge in [0, 0.05) is 30.8 Å². The number of benzene rings is 2. The number of anilines is 1. The van der Waals surface area contributed by atoms with Crippen molar-refractivity contribution in [3.8, 4) is 11.1 Å². The van der Waals surface area contributed by atoms with Crippen LogP contribution in [0.2, 0.25) is 0 Å². The van der Waals surface area contributed by atoms with Crippen LogP contribution in [0.25, 0.3) is 11.1 Å². The predicted octanol–water partition coefficient (Wildman–Crippen LogP) is 3.39. The van der Waals surface area contributed by atoms with Crippen LogP contribution < -0.4 is 5.32 Å². The highest BCUT2D eigenvalue weighted by atomic mass is 16.3. The average Bonchev–Trinajstić information content (AvgIpc) is 2.61. The molecule has 4 nitrogen and oxygen atoms in total. The summed E-state index contributed by atoms with van der Waals surface area (Å²) in [4.78, 5) is 14.4. The molecule has 2 N–H and O–H groups in total. The zero-order chi connectivity index (χ0) is 17.2. The molecular formula is C20H26N2O2. The zero-order valence-electron chi connectivity index (χ0n) is 14.2. The van der Waals surface area contributed by atoms with Gasteiger partial charge in [0.05, 0.1) is 6.61 Å². The summed E-state index contributed by atoms with van der Waals surface area (Å²) in [5, 5.41) is 12.1. The molecule has 1 amide bonds. The van der Waals surface area contributed by atoms with E-state index in [1.54, 1.807) is 0 Å². The summed E-state index contributed by atoms with van der Waals surface area (Å²) < 4.78 is 0. The number of hydrogen-bond acceptors (Lipinski definition) is 3. The monoisotopic (exact) mass is 326 g/mol. The maximum Gasteiger partial charge on any atom is 0.225 e. The van der Waals surface area contributed by atoms with E-state index in [-0.39, 0.29) is 12.5 Å². The van der Waals surface area contributed by atoms with Gasteiger partial charge >= 0.3 is 0 Å². The molecule has 0 atom stereocenters. The fourth-order valence-electron chi connectivity index (χ4n) is 2.73. The lowest BCUT2D eigenvalue weighted by Crippen LogP contribution is -2.31. The second-order valence-corrected chi connectivity index (χ2v) is 5.78. The Hall–Kier alpha value is -2.17. The standard InChI is InChI=1S/C20H26N2O2/c1-2-13-22(15-16-23)14-12-20(24)21-19-11-7-6-10-18(19)17-8-4-3-5-9-17/h3-11,23H,2,12-16H2,1H3,(H,21,24). The van der Waals surface area contributed by atoms with Crippen LogP contribution in [0.1, 0.15) is 19.8 Å². The first-order valence-electron chi connectivity index (χ1n) is 8.52. The first-order valence-corrected chi connectivity index (χ1v) is 8.52. The molecule has 0 spiro atoms. The van der Waals surface area contributed by atoms with E-state index in [0.717, 1.165) is 29.8 Å². The van der Waals surface area contributed by atoms with E-state index in [4.69, 9.17) is 5.11 Å². The molecule has 2 aromatic rings. The van der Waals surface area contributed by atoms with Gasteiger partial charge in [-0.1, -0.05) is 55.5 Å². The maximum atomic E-state index is 12.3. The Morgan fingerprint density at radius 1 is 1.00 bits per heavy atom. The maximum absolute atomic E-state index is 12.3. The molecule has 0 bridgehead atoms. The topological polar surface area (TPSA) is 52.6 Å². The van der Waals surface area contributed by atoms with Gasteiger partial charge in [-0.05, 0) is 24.6 Å². The quantitative estimate of drug-likeness (QED) is 0.743. The van der Waals surface area contributed by atoms with Crippen LogP contribution in [-0.2, 0) is 4.79 Å². The molecule has 0 aromatic heterocycles. The molecule has 4 heteroatoms. The van der Waals surface area contributed by atoms with Gasteiger partial charge in [-0.25, -0.2) is 0 Å². The summed E-state index contributed by atoms with van der Waals surface area (Å²) in [7, 11) is 0. The molecule has 2 aromatic carbocycles. The van der Waals surface area contributed by atoms with Crippen LogP contribution in [0.4, 0.5) is 5.69 Å². The van der Waals surface area contributed by atoms with E-state index in [0.29, 0.717) is 19.5 Å². The van der Waals surface area contributed by atoms with Crippen molar-refractivity contribution < 1.29 is 9.90 Å². The summed E-state index contributed by atoms with van der Waals surface area (Å²) in [5.74, 6) is -0.00239. The zero-order valence-corrected chi connectivity index (χ0v) is 14.2. The molecule has 0 saturated heterocycles. The Morgan fingerprint density at radius 3 is 2.42 bits per heavy atom. The van der Waals surface area contributed by atoms with Crippen LogP contribution in [0.5, 0.6) is 0 Å². The highest BCUT2D eigenvalue weighted by Gasteiger charge is 2.10. The van der Waals surface area contributed by atoms with Crippen molar-refractivity contribution in [3.63, 3.8) is 0 Å². The number of amides is 1. The Morgan fingerprint density at radius 2 is 1.71 bits per heavy atom. The first kappa shape index (κ1) is 18.2. The largest absolute Gasteiger partial charge is 0.395 e. The lowest BCUT2D eigenvalue weighted by atomic mass is 10.0. The fraction of sp³-hybridized carbons (Fsp3) is 0.350. The van der Waals surface area contributed by atoms with Gasteiger partial charge in [-0.3, -0.25) is 4.79 Å². The van der Waals surface area contributed by atoms with Crippen molar-refractivity contribution >= 4 is 11.6 Å². The number of rotatable bonds is 9. The molecule has 0 saturated carbocycles. The van der Waals surface area contributed by atoms with Crippen LogP contribution in [0.3, 0.4) is 0 Å². The first-order chi connectivity index (χ1) is 11.7. The van der Waals surface area contributed by atoms with Crippen molar-refractivity contribution in [1.29, 1.82) is 0 Å². The molecule has 0 aliphatic rings. The van der Waals surface area contributed by atoms with Crippen LogP contribution in [-0.4, -0.2) is 42.2 Å². The lowest BCUT2D eigenvalue weighted by molar-refractivity contribution is -0.116. The van der Waals surface area contributed by atoms with Crippen LogP contribution >= 0.6 is 0 Å². The minimum Gasteiger partial charge on any atom is -0.395 e. The Bertz CT molecular complexity index is 623. The van der Waals surface area contributed by atoms with E-state index in [9.17, 15) is 4.79 Å². The number of para-hydroxylation sites is 1. The van der Waals surface area contributed by atoms with E-state index in [1.165, 1.54) is 0 Å². The molecule has 128 valence electrons. The van der Waals surface area contributed by atoms with Gasteiger partial charge in [0.1, 0.15) is 0 Å². The molecule has 0 unspecified atom stereocenters. The molecule has 0 aliphatic heterocycles. The Labute approximate surface area is 144 Å². The second-order valence-electron chi connectivity index (χ2n) is 5.78. The molecule has 0 aliphatic carbocycles. The van der Waals surface area contributed by atoms with Crippen LogP contribution in [0.15, 0.2) is 54.6 Å². The smallest absolute Gasteiger partial charge is 0.225 e. The molecule has 2 rings (SSSR count). The van der Waals surface area contributed by atoms with Crippen LogP contribution in [0, 0.1) is 0 Å². The van der Waals surface area contributed by atoms with E-state index in [1.807, 2.05) is 54.6 Å². The third-order valence-electron chi connectivity index (χ3n) is 3.90. The summed E-state index contributed by atoms with van der Waals surface area (Å²) in [6, 6.07) is 17.9. The summed E-state index contributed by atoms with van der Waals surface area (Å²) in [5.41, 5.74) is 2.94. The molecule has 0 heterocycles. The lowest BCUT2D eigenvalue weighted by Gasteiger charge is -2.20. The SMILES string of the molecule is CCCN(CCO)CCC(=O)Nc1ccccc1-c1ccccc1. The summed E-state index contributed by atoms with van der Waals surface area (Å²) in [6.07, 6.45) is 1.43. The molecular weight excluding hydrogens is 300 g/mol. The number of carbonyl (C=O) groups excluding carboxylic acids is 1. The van der Waals surface area contributed by atoms with Gasteiger partial charge in [-0.15, -0.1) is 0 Å². The van der Waals surface area contributed by atoms with Gasteiger partial charge in [0.2, 0.25) is 5.91 Å². The summed E-state index contributed by atoms with van der Waals surface area (Å²) >= 11 is 0. The minimum atomic E-state index is -0.00239. The Kier molecular flexibility index (Phi) is 7.46. The van der Waals surface area contributed by atoms with Gasteiger partial charge in [0.25, 0.3) is 0 Å². The van der Waals surface area contributed by atoms with E-state index >= 15 is 0 Å². The average molecular weight is 326 g/mol. The van der Waals surface area contributed by atoms with Crippen molar-refractivity contribution in [2.45, 2.75) is 19.8 Å². The third kappa shape index (κ3) is 5.48. The van der Waals surface area contributed by atoms with Crippen molar-refractivity contribution in [1.82, 2.24) is 4.90 Å². The Balaban J connectivity index is 1.99. The fourth-order valence-corrected chi connectivity index (χ4v) is 2.73. The number of aliphatic hydroxyl groups excluding tert-OH is 1. The number of nitrogens with zero attached hydrogens (tertiary/aromatic N) is 1. The molecule has 0 fully saturated rings. The van der Waals surface area contributed by atoms with Gasteiger partial charge in [0.15, 0.2) is 0 Å². The molecule has 24 heavy (non-hydrogen) atoms. The number of hydrogen-bond donors (Lipinski definition) is 2. The highest BCUT2D eigenvalue weighted by molar-refractivity contribution is 5.95. The second kappa shape index (κ2) is 9.85. The van der Waals surface area contributed by atoms with Gasteiger partial charge in [-0.2, -0.15) is 0 Å². The third-order valence-corrected chi connectivity index (χ3v) is 3.90. The van der Waals surface area contributed by atoms with E-state index < -0.39 is 0 Å². The summed E-state index contributed by atoms with van der Waals surface area (Å²) in [6.45, 7) is 4.39. The van der Waals surface area contributed by atoms with E-state index in [2.05, 4.69) is 17.1 Å². The highest BCUT2D eigenvalue weighted by Crippen LogP contribution is 2.27.